The van der Waals surface area contributed by atoms with Gasteiger partial charge in [-0.3, -0.25) is 14.3 Å². The molecule has 0 spiro atoms. The standard InChI is InChI=1S/C10H15N3O3/c1-12(9(14)3-4-10(15)16)7-8-13-6-2-5-11-13/h2,5-6H,3-4,7-8H2,1H3,(H,15,16). The number of hydrogen-bond acceptors (Lipinski definition) is 3. The van der Waals surface area contributed by atoms with Gasteiger partial charge in [0.25, 0.3) is 0 Å². The predicted molar refractivity (Wildman–Crippen MR) is 56.7 cm³/mol. The van der Waals surface area contributed by atoms with E-state index in [0.29, 0.717) is 13.1 Å². The van der Waals surface area contributed by atoms with Crippen molar-refractivity contribution in [3.8, 4) is 0 Å². The zero-order chi connectivity index (χ0) is 12.0. The van der Waals surface area contributed by atoms with Gasteiger partial charge < -0.3 is 10.0 Å². The van der Waals surface area contributed by atoms with Crippen LogP contribution in [0.15, 0.2) is 18.5 Å². The fourth-order valence-corrected chi connectivity index (χ4v) is 1.21. The van der Waals surface area contributed by atoms with E-state index >= 15 is 0 Å². The number of aliphatic carboxylic acids is 1. The summed E-state index contributed by atoms with van der Waals surface area (Å²) < 4.78 is 1.72. The smallest absolute Gasteiger partial charge is 0.303 e. The van der Waals surface area contributed by atoms with Gasteiger partial charge in [0, 0.05) is 32.4 Å². The Balaban J connectivity index is 2.26. The largest absolute Gasteiger partial charge is 0.481 e. The highest BCUT2D eigenvalue weighted by Gasteiger charge is 2.10. The van der Waals surface area contributed by atoms with Crippen molar-refractivity contribution in [3.63, 3.8) is 0 Å². The number of carbonyl (C=O) groups excluding carboxylic acids is 1. The molecule has 6 nitrogen and oxygen atoms in total. The van der Waals surface area contributed by atoms with Crippen molar-refractivity contribution < 1.29 is 14.7 Å². The van der Waals surface area contributed by atoms with Gasteiger partial charge >= 0.3 is 5.97 Å². The summed E-state index contributed by atoms with van der Waals surface area (Å²) in [5, 5.41) is 12.4. The van der Waals surface area contributed by atoms with Crippen LogP contribution in [0.1, 0.15) is 12.8 Å². The second-order valence-electron chi connectivity index (χ2n) is 3.48. The number of likely N-dealkylation sites (N-methyl/N-ethyl adjacent to an activating group) is 1. The molecule has 1 N–H and O–H groups in total. The van der Waals surface area contributed by atoms with E-state index < -0.39 is 5.97 Å². The Kier molecular flexibility index (Phi) is 4.50. The van der Waals surface area contributed by atoms with E-state index in [4.69, 9.17) is 5.11 Å². The van der Waals surface area contributed by atoms with Gasteiger partial charge in [0.1, 0.15) is 0 Å². The van der Waals surface area contributed by atoms with Crippen LogP contribution in [0.3, 0.4) is 0 Å². The molecule has 0 saturated heterocycles. The molecule has 88 valence electrons. The van der Waals surface area contributed by atoms with Gasteiger partial charge in [-0.2, -0.15) is 5.10 Å². The molecule has 0 aliphatic heterocycles. The first kappa shape index (κ1) is 12.2. The zero-order valence-electron chi connectivity index (χ0n) is 9.17. The van der Waals surface area contributed by atoms with Crippen molar-refractivity contribution in [2.75, 3.05) is 13.6 Å². The molecule has 6 heteroatoms. The lowest BCUT2D eigenvalue weighted by molar-refractivity contribution is -0.140. The Bertz CT molecular complexity index is 348. The highest BCUT2D eigenvalue weighted by Crippen LogP contribution is 1.96. The minimum Gasteiger partial charge on any atom is -0.481 e. The van der Waals surface area contributed by atoms with Gasteiger partial charge in [0.15, 0.2) is 0 Å². The van der Waals surface area contributed by atoms with Crippen LogP contribution in [0.2, 0.25) is 0 Å². The summed E-state index contributed by atoms with van der Waals surface area (Å²) in [6, 6.07) is 1.81. The third kappa shape index (κ3) is 4.12. The molecule has 0 atom stereocenters. The molecule has 0 aliphatic rings. The second kappa shape index (κ2) is 5.89. The summed E-state index contributed by atoms with van der Waals surface area (Å²) in [6.07, 6.45) is 3.41. The number of rotatable bonds is 6. The summed E-state index contributed by atoms with van der Waals surface area (Å²) >= 11 is 0. The summed E-state index contributed by atoms with van der Waals surface area (Å²) in [4.78, 5) is 23.2. The van der Waals surface area contributed by atoms with E-state index in [1.165, 1.54) is 4.90 Å². The van der Waals surface area contributed by atoms with Crippen molar-refractivity contribution in [3.05, 3.63) is 18.5 Å². The van der Waals surface area contributed by atoms with Crippen molar-refractivity contribution in [2.45, 2.75) is 19.4 Å². The number of hydrogen-bond donors (Lipinski definition) is 1. The highest BCUT2D eigenvalue weighted by molar-refractivity contribution is 5.80. The number of carboxylic acid groups (broad SMARTS) is 1. The van der Waals surface area contributed by atoms with E-state index in [0.717, 1.165) is 0 Å². The minimum absolute atomic E-state index is 0.0466. The Morgan fingerprint density at radius 3 is 2.75 bits per heavy atom. The Hall–Kier alpha value is -1.85. The molecule has 0 saturated carbocycles. The third-order valence-corrected chi connectivity index (χ3v) is 2.20. The van der Waals surface area contributed by atoms with Crippen LogP contribution >= 0.6 is 0 Å². The van der Waals surface area contributed by atoms with Gasteiger partial charge in [0.05, 0.1) is 13.0 Å². The first-order chi connectivity index (χ1) is 7.59. The SMILES string of the molecule is CN(CCn1cccn1)C(=O)CCC(=O)O. The molecule has 0 bridgehead atoms. The second-order valence-corrected chi connectivity index (χ2v) is 3.48. The fraction of sp³-hybridized carbons (Fsp3) is 0.500. The van der Waals surface area contributed by atoms with E-state index in [9.17, 15) is 9.59 Å². The van der Waals surface area contributed by atoms with Gasteiger partial charge in [0.2, 0.25) is 5.91 Å². The van der Waals surface area contributed by atoms with Crippen LogP contribution in [-0.4, -0.2) is 45.3 Å². The summed E-state index contributed by atoms with van der Waals surface area (Å²) in [5.41, 5.74) is 0. The topological polar surface area (TPSA) is 75.4 Å². The van der Waals surface area contributed by atoms with Crippen LogP contribution < -0.4 is 0 Å². The summed E-state index contributed by atoms with van der Waals surface area (Å²) in [7, 11) is 1.66. The first-order valence-corrected chi connectivity index (χ1v) is 5.03. The molecule has 1 amide bonds. The molecular weight excluding hydrogens is 210 g/mol. The number of nitrogens with zero attached hydrogens (tertiary/aromatic N) is 3. The molecule has 1 aromatic rings. The lowest BCUT2D eigenvalue weighted by Crippen LogP contribution is -2.30. The fourth-order valence-electron chi connectivity index (χ4n) is 1.21. The summed E-state index contributed by atoms with van der Waals surface area (Å²) in [5.74, 6) is -1.11. The third-order valence-electron chi connectivity index (χ3n) is 2.20. The van der Waals surface area contributed by atoms with Gasteiger partial charge in [-0.15, -0.1) is 0 Å². The number of carboxylic acids is 1. The van der Waals surface area contributed by atoms with Crippen LogP contribution in [0.25, 0.3) is 0 Å². The van der Waals surface area contributed by atoms with Crippen molar-refractivity contribution >= 4 is 11.9 Å². The average Bonchev–Trinajstić information content (AvgIpc) is 2.75. The number of amides is 1. The average molecular weight is 225 g/mol. The molecule has 0 fully saturated rings. The highest BCUT2D eigenvalue weighted by atomic mass is 16.4. The number of carbonyl (C=O) groups is 2. The molecule has 1 heterocycles. The molecule has 1 rings (SSSR count). The van der Waals surface area contributed by atoms with E-state index in [2.05, 4.69) is 5.10 Å². The maximum Gasteiger partial charge on any atom is 0.303 e. The lowest BCUT2D eigenvalue weighted by Gasteiger charge is -2.16. The maximum absolute atomic E-state index is 11.4. The van der Waals surface area contributed by atoms with Crippen LogP contribution in [-0.2, 0) is 16.1 Å². The Morgan fingerprint density at radius 1 is 1.44 bits per heavy atom. The van der Waals surface area contributed by atoms with E-state index in [-0.39, 0.29) is 18.7 Å². The van der Waals surface area contributed by atoms with Crippen molar-refractivity contribution in [2.24, 2.45) is 0 Å². The normalized spacial score (nSPS) is 10.1. The number of aromatic nitrogens is 2. The van der Waals surface area contributed by atoms with Gasteiger partial charge in [-0.05, 0) is 6.07 Å². The predicted octanol–water partition coefficient (Wildman–Crippen LogP) is 0.206. The van der Waals surface area contributed by atoms with Crippen molar-refractivity contribution in [1.29, 1.82) is 0 Å². The van der Waals surface area contributed by atoms with Crippen LogP contribution in [0.5, 0.6) is 0 Å². The lowest BCUT2D eigenvalue weighted by atomic mass is 10.3. The molecular formula is C10H15N3O3. The molecule has 0 aliphatic carbocycles. The Labute approximate surface area is 93.5 Å². The van der Waals surface area contributed by atoms with Gasteiger partial charge in [-0.1, -0.05) is 0 Å². The van der Waals surface area contributed by atoms with E-state index in [1.807, 2.05) is 12.3 Å². The van der Waals surface area contributed by atoms with Crippen molar-refractivity contribution in [1.82, 2.24) is 14.7 Å². The maximum atomic E-state index is 11.4. The minimum atomic E-state index is -0.950. The molecule has 0 radical (unpaired) electrons. The van der Waals surface area contributed by atoms with Crippen LogP contribution in [0, 0.1) is 0 Å². The first-order valence-electron chi connectivity index (χ1n) is 5.03. The van der Waals surface area contributed by atoms with Gasteiger partial charge in [-0.25, -0.2) is 0 Å². The Morgan fingerprint density at radius 2 is 2.19 bits per heavy atom. The molecule has 1 aromatic heterocycles. The van der Waals surface area contributed by atoms with Crippen LogP contribution in [0.4, 0.5) is 0 Å². The molecule has 0 unspecified atom stereocenters. The van der Waals surface area contributed by atoms with E-state index in [1.54, 1.807) is 17.9 Å². The zero-order valence-corrected chi connectivity index (χ0v) is 9.17. The monoisotopic (exact) mass is 225 g/mol. The molecule has 0 aromatic carbocycles. The summed E-state index contributed by atoms with van der Waals surface area (Å²) in [6.45, 7) is 1.14. The molecule has 16 heavy (non-hydrogen) atoms. The quantitative estimate of drug-likeness (QED) is 0.750.